The van der Waals surface area contributed by atoms with E-state index in [-0.39, 0.29) is 5.28 Å². The van der Waals surface area contributed by atoms with Crippen molar-refractivity contribution >= 4 is 39.0 Å². The zero-order valence-corrected chi connectivity index (χ0v) is 12.3. The predicted molar refractivity (Wildman–Crippen MR) is 76.9 cm³/mol. The van der Waals surface area contributed by atoms with Crippen LogP contribution in [0.3, 0.4) is 0 Å². The van der Waals surface area contributed by atoms with E-state index >= 15 is 0 Å². The SMILES string of the molecule is COCCCNc1nc(Cl)nc2sc(C)c(C)c12. The van der Waals surface area contributed by atoms with Crippen molar-refractivity contribution in [2.75, 3.05) is 25.6 Å². The van der Waals surface area contributed by atoms with Crippen molar-refractivity contribution in [3.63, 3.8) is 0 Å². The molecule has 0 unspecified atom stereocenters. The highest BCUT2D eigenvalue weighted by Gasteiger charge is 2.13. The van der Waals surface area contributed by atoms with Crippen LogP contribution in [0.4, 0.5) is 5.82 Å². The molecule has 0 saturated carbocycles. The van der Waals surface area contributed by atoms with Crippen LogP contribution in [0.15, 0.2) is 0 Å². The number of nitrogens with one attached hydrogen (secondary N) is 1. The van der Waals surface area contributed by atoms with E-state index in [0.29, 0.717) is 0 Å². The van der Waals surface area contributed by atoms with E-state index in [1.54, 1.807) is 18.4 Å². The van der Waals surface area contributed by atoms with Crippen molar-refractivity contribution in [3.05, 3.63) is 15.7 Å². The number of hydrogen-bond donors (Lipinski definition) is 1. The molecule has 0 aliphatic rings. The number of ether oxygens (including phenoxy) is 1. The van der Waals surface area contributed by atoms with E-state index in [1.165, 1.54) is 10.4 Å². The lowest BCUT2D eigenvalue weighted by atomic mass is 10.2. The lowest BCUT2D eigenvalue weighted by Crippen LogP contribution is -2.07. The molecule has 0 radical (unpaired) electrons. The molecule has 2 aromatic heterocycles. The lowest BCUT2D eigenvalue weighted by Gasteiger charge is -2.07. The number of aromatic nitrogens is 2. The summed E-state index contributed by atoms with van der Waals surface area (Å²) in [6, 6.07) is 0. The predicted octanol–water partition coefficient (Wildman–Crippen LogP) is 3.41. The van der Waals surface area contributed by atoms with Crippen LogP contribution >= 0.6 is 22.9 Å². The maximum Gasteiger partial charge on any atom is 0.225 e. The van der Waals surface area contributed by atoms with E-state index < -0.39 is 0 Å². The minimum Gasteiger partial charge on any atom is -0.385 e. The van der Waals surface area contributed by atoms with Gasteiger partial charge >= 0.3 is 0 Å². The Kier molecular flexibility index (Phi) is 4.37. The quantitative estimate of drug-likeness (QED) is 0.675. The summed E-state index contributed by atoms with van der Waals surface area (Å²) in [6.07, 6.45) is 0.932. The van der Waals surface area contributed by atoms with Crippen molar-refractivity contribution in [3.8, 4) is 0 Å². The van der Waals surface area contributed by atoms with Crippen LogP contribution in [0.25, 0.3) is 10.2 Å². The summed E-state index contributed by atoms with van der Waals surface area (Å²) in [5, 5.41) is 4.68. The Morgan fingerprint density at radius 2 is 2.11 bits per heavy atom. The number of rotatable bonds is 5. The molecule has 98 valence electrons. The van der Waals surface area contributed by atoms with Crippen molar-refractivity contribution in [1.29, 1.82) is 0 Å². The fourth-order valence-electron chi connectivity index (χ4n) is 1.77. The minimum absolute atomic E-state index is 0.290. The number of methoxy groups -OCH3 is 1. The summed E-state index contributed by atoms with van der Waals surface area (Å²) in [5.74, 6) is 0.822. The normalized spacial score (nSPS) is 11.1. The van der Waals surface area contributed by atoms with Gasteiger partial charge in [-0.1, -0.05) is 0 Å². The van der Waals surface area contributed by atoms with Gasteiger partial charge in [0.1, 0.15) is 10.6 Å². The van der Waals surface area contributed by atoms with Crippen LogP contribution in [0.5, 0.6) is 0 Å². The minimum atomic E-state index is 0.290. The second-order valence-electron chi connectivity index (χ2n) is 4.08. The van der Waals surface area contributed by atoms with E-state index in [2.05, 4.69) is 29.1 Å². The first-order valence-electron chi connectivity index (χ1n) is 5.79. The Labute approximate surface area is 115 Å². The highest BCUT2D eigenvalue weighted by Crippen LogP contribution is 2.33. The summed E-state index contributed by atoms with van der Waals surface area (Å²) in [7, 11) is 1.70. The molecule has 4 nitrogen and oxygen atoms in total. The third-order valence-corrected chi connectivity index (χ3v) is 4.09. The van der Waals surface area contributed by atoms with E-state index in [4.69, 9.17) is 16.3 Å². The lowest BCUT2D eigenvalue weighted by molar-refractivity contribution is 0.198. The van der Waals surface area contributed by atoms with Gasteiger partial charge in [-0.05, 0) is 37.4 Å². The highest BCUT2D eigenvalue weighted by molar-refractivity contribution is 7.18. The molecule has 2 rings (SSSR count). The summed E-state index contributed by atoms with van der Waals surface area (Å²) in [6.45, 7) is 5.72. The summed E-state index contributed by atoms with van der Waals surface area (Å²) < 4.78 is 5.02. The van der Waals surface area contributed by atoms with Crippen LogP contribution in [0.2, 0.25) is 5.28 Å². The first-order chi connectivity index (χ1) is 8.63. The molecule has 0 atom stereocenters. The van der Waals surface area contributed by atoms with E-state index in [0.717, 1.165) is 35.6 Å². The first-order valence-corrected chi connectivity index (χ1v) is 6.99. The van der Waals surface area contributed by atoms with Crippen LogP contribution in [-0.2, 0) is 4.74 Å². The van der Waals surface area contributed by atoms with Gasteiger partial charge in [0.25, 0.3) is 0 Å². The topological polar surface area (TPSA) is 47.0 Å². The molecule has 2 aromatic rings. The van der Waals surface area contributed by atoms with Gasteiger partial charge in [-0.3, -0.25) is 0 Å². The second kappa shape index (κ2) is 5.82. The average Bonchev–Trinajstić information content (AvgIpc) is 2.60. The number of fused-ring (bicyclic) bond motifs is 1. The maximum absolute atomic E-state index is 5.95. The number of nitrogens with zero attached hydrogens (tertiary/aromatic N) is 2. The van der Waals surface area contributed by atoms with Crippen LogP contribution in [0.1, 0.15) is 16.9 Å². The molecule has 0 aliphatic carbocycles. The van der Waals surface area contributed by atoms with Crippen molar-refractivity contribution in [1.82, 2.24) is 9.97 Å². The van der Waals surface area contributed by atoms with Crippen molar-refractivity contribution in [2.24, 2.45) is 0 Å². The van der Waals surface area contributed by atoms with Crippen LogP contribution in [-0.4, -0.2) is 30.2 Å². The Hall–Kier alpha value is -0.910. The van der Waals surface area contributed by atoms with E-state index in [1.807, 2.05) is 0 Å². The van der Waals surface area contributed by atoms with Gasteiger partial charge in [-0.25, -0.2) is 9.97 Å². The smallest absolute Gasteiger partial charge is 0.225 e. The van der Waals surface area contributed by atoms with Gasteiger partial charge in [0, 0.05) is 25.1 Å². The summed E-state index contributed by atoms with van der Waals surface area (Å²) >= 11 is 7.60. The highest BCUT2D eigenvalue weighted by atomic mass is 35.5. The maximum atomic E-state index is 5.95. The standard InChI is InChI=1S/C12H16ClN3OS/c1-7-8(2)18-11-9(7)10(15-12(13)16-11)14-5-4-6-17-3/h4-6H2,1-3H3,(H,14,15,16). The van der Waals surface area contributed by atoms with Gasteiger partial charge in [-0.15, -0.1) is 11.3 Å². The molecule has 1 N–H and O–H groups in total. The third-order valence-electron chi connectivity index (χ3n) is 2.82. The molecular weight excluding hydrogens is 270 g/mol. The first kappa shape index (κ1) is 13.5. The molecular formula is C12H16ClN3OS. The summed E-state index contributed by atoms with van der Waals surface area (Å²) in [4.78, 5) is 10.7. The Balaban J connectivity index is 2.30. The molecule has 0 spiro atoms. The number of anilines is 1. The number of thiophene rings is 1. The molecule has 2 heterocycles. The second-order valence-corrected chi connectivity index (χ2v) is 5.62. The van der Waals surface area contributed by atoms with Gasteiger partial charge in [0.05, 0.1) is 5.39 Å². The monoisotopic (exact) mass is 285 g/mol. The van der Waals surface area contributed by atoms with Gasteiger partial charge in [0.2, 0.25) is 5.28 Å². The van der Waals surface area contributed by atoms with Crippen molar-refractivity contribution < 1.29 is 4.74 Å². The zero-order chi connectivity index (χ0) is 13.1. The number of aryl methyl sites for hydroxylation is 2. The molecule has 0 fully saturated rings. The Morgan fingerprint density at radius 1 is 1.33 bits per heavy atom. The summed E-state index contributed by atoms with van der Waals surface area (Å²) in [5.41, 5.74) is 1.22. The fourth-order valence-corrected chi connectivity index (χ4v) is 3.02. The van der Waals surface area contributed by atoms with E-state index in [9.17, 15) is 0 Å². The molecule has 6 heteroatoms. The fraction of sp³-hybridized carbons (Fsp3) is 0.500. The number of halogens is 1. The largest absolute Gasteiger partial charge is 0.385 e. The Morgan fingerprint density at radius 3 is 2.83 bits per heavy atom. The number of hydrogen-bond acceptors (Lipinski definition) is 5. The molecule has 0 bridgehead atoms. The van der Waals surface area contributed by atoms with Gasteiger partial charge < -0.3 is 10.1 Å². The van der Waals surface area contributed by atoms with Crippen LogP contribution in [0, 0.1) is 13.8 Å². The third kappa shape index (κ3) is 2.74. The average molecular weight is 286 g/mol. The molecule has 0 aliphatic heterocycles. The van der Waals surface area contributed by atoms with Crippen molar-refractivity contribution in [2.45, 2.75) is 20.3 Å². The van der Waals surface area contributed by atoms with Gasteiger partial charge in [0.15, 0.2) is 0 Å². The van der Waals surface area contributed by atoms with Crippen LogP contribution < -0.4 is 5.32 Å². The Bertz CT molecular complexity index is 556. The van der Waals surface area contributed by atoms with Gasteiger partial charge in [-0.2, -0.15) is 0 Å². The molecule has 0 saturated heterocycles. The zero-order valence-electron chi connectivity index (χ0n) is 10.7. The molecule has 0 amide bonds. The molecule has 18 heavy (non-hydrogen) atoms. The molecule has 0 aromatic carbocycles.